The third kappa shape index (κ3) is 4.02. The molecule has 3 rings (SSSR count). The van der Waals surface area contributed by atoms with Gasteiger partial charge in [-0.2, -0.15) is 0 Å². The maximum absolute atomic E-state index is 14.6. The zero-order chi connectivity index (χ0) is 21.3. The van der Waals surface area contributed by atoms with Crippen LogP contribution in [-0.4, -0.2) is 24.5 Å². The van der Waals surface area contributed by atoms with Crippen LogP contribution in [0.2, 0.25) is 0 Å². The van der Waals surface area contributed by atoms with Crippen LogP contribution in [0.25, 0.3) is 0 Å². The van der Waals surface area contributed by atoms with E-state index in [2.05, 4.69) is 4.98 Å². The van der Waals surface area contributed by atoms with E-state index in [1.807, 2.05) is 0 Å². The summed E-state index contributed by atoms with van der Waals surface area (Å²) in [5.41, 5.74) is 0.527. The van der Waals surface area contributed by atoms with Gasteiger partial charge in [0.1, 0.15) is 22.6 Å². The molecule has 1 atom stereocenters. The Morgan fingerprint density at radius 3 is 2.24 bits per heavy atom. The van der Waals surface area contributed by atoms with Crippen LogP contribution >= 0.6 is 0 Å². The molecule has 150 valence electrons. The van der Waals surface area contributed by atoms with Crippen LogP contribution in [-0.2, 0) is 9.84 Å². The average molecular weight is 417 g/mol. The number of pyridine rings is 1. The first-order valence-corrected chi connectivity index (χ1v) is 10.1. The van der Waals surface area contributed by atoms with Gasteiger partial charge in [0.05, 0.1) is 4.90 Å². The van der Waals surface area contributed by atoms with Crippen molar-refractivity contribution in [3.05, 3.63) is 94.3 Å². The van der Waals surface area contributed by atoms with Gasteiger partial charge in [-0.3, -0.25) is 0 Å². The molecule has 0 aliphatic rings. The van der Waals surface area contributed by atoms with Gasteiger partial charge in [0.15, 0.2) is 9.84 Å². The molecule has 3 aromatic rings. The fraction of sp³-hybridized carbons (Fsp3) is 0.143. The van der Waals surface area contributed by atoms with Crippen LogP contribution in [0, 0.1) is 25.5 Å². The van der Waals surface area contributed by atoms with Crippen LogP contribution in [0.1, 0.15) is 38.0 Å². The Labute approximate surface area is 166 Å². The van der Waals surface area contributed by atoms with E-state index in [9.17, 15) is 22.0 Å². The highest BCUT2D eigenvalue weighted by molar-refractivity contribution is 7.92. The molecule has 0 aliphatic carbocycles. The molecule has 1 N–H and O–H groups in total. The number of nitrogens with zero attached hydrogens (tertiary/aromatic N) is 1. The molecule has 0 saturated heterocycles. The van der Waals surface area contributed by atoms with Crippen LogP contribution in [0.3, 0.4) is 0 Å². The maximum Gasteiger partial charge on any atom is 0.354 e. The van der Waals surface area contributed by atoms with E-state index in [0.29, 0.717) is 0 Å². The van der Waals surface area contributed by atoms with E-state index >= 15 is 0 Å². The van der Waals surface area contributed by atoms with Gasteiger partial charge in [-0.1, -0.05) is 17.7 Å². The summed E-state index contributed by atoms with van der Waals surface area (Å²) < 4.78 is 55.4. The molecule has 0 amide bonds. The van der Waals surface area contributed by atoms with Gasteiger partial charge < -0.3 is 5.11 Å². The molecule has 0 bridgehead atoms. The third-order valence-corrected chi connectivity index (χ3v) is 6.61. The molecule has 1 aromatic heterocycles. The number of halogens is 2. The van der Waals surface area contributed by atoms with Crippen molar-refractivity contribution in [3.63, 3.8) is 0 Å². The number of hydrogen-bond donors (Lipinski definition) is 1. The standard InChI is InChI=1S/C21H17F2NO4S/c1-12-3-6-15(7-4-12)29(27,28)20(16-10-14(22)5-8-18(16)23)17-11-24-19(21(25)26)9-13(17)2/h3-11,20H,1-2H3,(H,25,26). The number of benzene rings is 2. The highest BCUT2D eigenvalue weighted by Crippen LogP contribution is 2.38. The van der Waals surface area contributed by atoms with Crippen molar-refractivity contribution < 1.29 is 27.1 Å². The van der Waals surface area contributed by atoms with Gasteiger partial charge in [-0.05, 0) is 61.4 Å². The van der Waals surface area contributed by atoms with E-state index in [0.717, 1.165) is 30.0 Å². The van der Waals surface area contributed by atoms with Crippen LogP contribution in [0.4, 0.5) is 8.78 Å². The summed E-state index contributed by atoms with van der Waals surface area (Å²) >= 11 is 0. The molecule has 1 heterocycles. The largest absolute Gasteiger partial charge is 0.477 e. The summed E-state index contributed by atoms with van der Waals surface area (Å²) in [6, 6.07) is 9.77. The molecule has 0 spiro atoms. The van der Waals surface area contributed by atoms with Crippen LogP contribution in [0.5, 0.6) is 0 Å². The predicted octanol–water partition coefficient (Wildman–Crippen LogP) is 4.24. The third-order valence-electron chi connectivity index (χ3n) is 4.55. The minimum Gasteiger partial charge on any atom is -0.477 e. The number of aromatic carboxylic acids is 1. The van der Waals surface area contributed by atoms with Gasteiger partial charge in [0.25, 0.3) is 0 Å². The molecule has 0 radical (unpaired) electrons. The number of aromatic nitrogens is 1. The van der Waals surface area contributed by atoms with Crippen LogP contribution < -0.4 is 0 Å². The number of carboxylic acid groups (broad SMARTS) is 1. The van der Waals surface area contributed by atoms with Crippen molar-refractivity contribution in [1.82, 2.24) is 4.98 Å². The first-order valence-electron chi connectivity index (χ1n) is 8.56. The fourth-order valence-corrected chi connectivity index (χ4v) is 4.92. The highest BCUT2D eigenvalue weighted by atomic mass is 32.2. The van der Waals surface area contributed by atoms with Gasteiger partial charge in [0, 0.05) is 11.8 Å². The lowest BCUT2D eigenvalue weighted by molar-refractivity contribution is 0.0690. The Balaban J connectivity index is 2.30. The van der Waals surface area contributed by atoms with Crippen molar-refractivity contribution in [3.8, 4) is 0 Å². The van der Waals surface area contributed by atoms with Gasteiger partial charge in [0.2, 0.25) is 0 Å². The fourth-order valence-electron chi connectivity index (χ4n) is 3.04. The highest BCUT2D eigenvalue weighted by Gasteiger charge is 2.34. The van der Waals surface area contributed by atoms with E-state index in [1.54, 1.807) is 19.1 Å². The summed E-state index contributed by atoms with van der Waals surface area (Å²) in [5, 5.41) is 7.51. The number of sulfone groups is 1. The molecule has 1 unspecified atom stereocenters. The second-order valence-electron chi connectivity index (χ2n) is 6.64. The molecular weight excluding hydrogens is 400 g/mol. The van der Waals surface area contributed by atoms with Crippen molar-refractivity contribution in [1.29, 1.82) is 0 Å². The van der Waals surface area contributed by atoms with Crippen LogP contribution in [0.15, 0.2) is 59.6 Å². The molecular formula is C21H17F2NO4S. The van der Waals surface area contributed by atoms with Crippen molar-refractivity contribution >= 4 is 15.8 Å². The normalized spacial score (nSPS) is 12.6. The predicted molar refractivity (Wildman–Crippen MR) is 102 cm³/mol. The Morgan fingerprint density at radius 2 is 1.66 bits per heavy atom. The summed E-state index contributed by atoms with van der Waals surface area (Å²) in [4.78, 5) is 14.9. The lowest BCUT2D eigenvalue weighted by atomic mass is 10.0. The Kier molecular flexibility index (Phi) is 5.48. The molecule has 2 aromatic carbocycles. The van der Waals surface area contributed by atoms with Crippen molar-refractivity contribution in [2.75, 3.05) is 0 Å². The summed E-state index contributed by atoms with van der Waals surface area (Å²) in [6.07, 6.45) is 1.08. The first kappa shape index (κ1) is 20.6. The van der Waals surface area contributed by atoms with E-state index < -0.39 is 32.7 Å². The molecule has 5 nitrogen and oxygen atoms in total. The van der Waals surface area contributed by atoms with E-state index in [4.69, 9.17) is 5.11 Å². The van der Waals surface area contributed by atoms with Crippen molar-refractivity contribution in [2.45, 2.75) is 24.0 Å². The number of carboxylic acids is 1. The number of rotatable bonds is 5. The lowest BCUT2D eigenvalue weighted by Crippen LogP contribution is -2.19. The number of carbonyl (C=O) groups is 1. The minimum atomic E-state index is -4.21. The van der Waals surface area contributed by atoms with Gasteiger partial charge in [-0.15, -0.1) is 0 Å². The molecule has 0 fully saturated rings. The quantitative estimate of drug-likeness (QED) is 0.671. The Hall–Kier alpha value is -3.13. The molecule has 0 aliphatic heterocycles. The Morgan fingerprint density at radius 1 is 1.00 bits per heavy atom. The van der Waals surface area contributed by atoms with Crippen molar-refractivity contribution in [2.24, 2.45) is 0 Å². The second-order valence-corrected chi connectivity index (χ2v) is 8.67. The SMILES string of the molecule is Cc1ccc(S(=O)(=O)C(c2cnc(C(=O)O)cc2C)c2cc(F)ccc2F)cc1. The smallest absolute Gasteiger partial charge is 0.354 e. The van der Waals surface area contributed by atoms with E-state index in [-0.39, 0.29) is 27.3 Å². The zero-order valence-corrected chi connectivity index (χ0v) is 16.4. The lowest BCUT2D eigenvalue weighted by Gasteiger charge is -2.21. The number of hydrogen-bond acceptors (Lipinski definition) is 4. The molecule has 8 heteroatoms. The summed E-state index contributed by atoms with van der Waals surface area (Å²) in [6.45, 7) is 3.29. The average Bonchev–Trinajstić information content (AvgIpc) is 2.66. The van der Waals surface area contributed by atoms with Gasteiger partial charge >= 0.3 is 5.97 Å². The number of aryl methyl sites for hydroxylation is 2. The van der Waals surface area contributed by atoms with Gasteiger partial charge in [-0.25, -0.2) is 27.0 Å². The Bertz CT molecular complexity index is 1190. The summed E-state index contributed by atoms with van der Waals surface area (Å²) in [7, 11) is -4.21. The first-order chi connectivity index (χ1) is 13.6. The zero-order valence-electron chi connectivity index (χ0n) is 15.6. The topological polar surface area (TPSA) is 84.3 Å². The minimum absolute atomic E-state index is 0.0695. The van der Waals surface area contributed by atoms with E-state index in [1.165, 1.54) is 25.1 Å². The maximum atomic E-state index is 14.6. The molecule has 0 saturated carbocycles. The monoisotopic (exact) mass is 417 g/mol. The second kappa shape index (κ2) is 7.71. The summed E-state index contributed by atoms with van der Waals surface area (Å²) in [5.74, 6) is -2.97. The molecule has 29 heavy (non-hydrogen) atoms.